The van der Waals surface area contributed by atoms with Crippen LogP contribution in [-0.2, 0) is 6.54 Å². The zero-order valence-electron chi connectivity index (χ0n) is 10.3. The molecule has 0 saturated heterocycles. The molecule has 0 aliphatic carbocycles. The van der Waals surface area contributed by atoms with Crippen molar-refractivity contribution in [2.75, 3.05) is 5.32 Å². The summed E-state index contributed by atoms with van der Waals surface area (Å²) < 4.78 is 2.91. The summed E-state index contributed by atoms with van der Waals surface area (Å²) >= 11 is 9.55. The van der Waals surface area contributed by atoms with E-state index in [0.717, 1.165) is 20.9 Å². The minimum atomic E-state index is 0.372. The molecule has 5 heteroatoms. The molecule has 2 rings (SSSR count). The number of rotatable bonds is 4. The van der Waals surface area contributed by atoms with Crippen LogP contribution in [-0.4, -0.2) is 9.78 Å². The van der Waals surface area contributed by atoms with Crippen LogP contribution in [0.15, 0.2) is 34.9 Å². The fourth-order valence-electron chi connectivity index (χ4n) is 1.57. The molecule has 1 heterocycles. The predicted octanol–water partition coefficient (Wildman–Crippen LogP) is 4.49. The fourth-order valence-corrected chi connectivity index (χ4v) is 2.31. The normalized spacial score (nSPS) is 10.9. The quantitative estimate of drug-likeness (QED) is 0.896. The number of hydrogen-bond acceptors (Lipinski definition) is 2. The monoisotopic (exact) mass is 327 g/mol. The summed E-state index contributed by atoms with van der Waals surface area (Å²) in [5.41, 5.74) is 1.05. The molecule has 2 aromatic rings. The van der Waals surface area contributed by atoms with Crippen LogP contribution in [0.4, 0.5) is 5.82 Å². The second kappa shape index (κ2) is 5.76. The van der Waals surface area contributed by atoms with Gasteiger partial charge in [0.15, 0.2) is 0 Å². The maximum atomic E-state index is 6.16. The van der Waals surface area contributed by atoms with E-state index >= 15 is 0 Å². The number of nitrogens with one attached hydrogen (secondary N) is 1. The summed E-state index contributed by atoms with van der Waals surface area (Å²) in [6, 6.07) is 8.21. The van der Waals surface area contributed by atoms with Gasteiger partial charge in [0, 0.05) is 34.3 Å². The topological polar surface area (TPSA) is 29.9 Å². The number of nitrogens with zero attached hydrogens (tertiary/aromatic N) is 2. The van der Waals surface area contributed by atoms with Gasteiger partial charge in [-0.2, -0.15) is 5.10 Å². The molecule has 3 nitrogen and oxygen atoms in total. The molecule has 0 unspecified atom stereocenters. The lowest BCUT2D eigenvalue weighted by Crippen LogP contribution is -2.04. The van der Waals surface area contributed by atoms with Crippen molar-refractivity contribution in [3.05, 3.63) is 45.5 Å². The van der Waals surface area contributed by atoms with Crippen LogP contribution in [0.5, 0.6) is 0 Å². The first-order chi connectivity index (χ1) is 8.56. The lowest BCUT2D eigenvalue weighted by Gasteiger charge is -2.07. The van der Waals surface area contributed by atoms with Crippen molar-refractivity contribution in [1.82, 2.24) is 9.78 Å². The van der Waals surface area contributed by atoms with Crippen molar-refractivity contribution in [2.24, 2.45) is 0 Å². The number of aromatic nitrogens is 2. The number of anilines is 1. The van der Waals surface area contributed by atoms with Gasteiger partial charge in [-0.25, -0.2) is 0 Å². The molecular formula is C13H15BrClN3. The molecule has 1 aromatic heterocycles. The van der Waals surface area contributed by atoms with Gasteiger partial charge in [0.05, 0.1) is 0 Å². The minimum Gasteiger partial charge on any atom is -0.364 e. The Labute approximate surface area is 120 Å². The van der Waals surface area contributed by atoms with Gasteiger partial charge in [-0.15, -0.1) is 0 Å². The largest absolute Gasteiger partial charge is 0.364 e. The third-order valence-electron chi connectivity index (χ3n) is 2.61. The van der Waals surface area contributed by atoms with E-state index in [1.165, 1.54) is 0 Å². The maximum absolute atomic E-state index is 6.16. The molecule has 0 aliphatic rings. The summed E-state index contributed by atoms with van der Waals surface area (Å²) in [5.74, 6) is 0.864. The molecule has 1 N–H and O–H groups in total. The van der Waals surface area contributed by atoms with E-state index in [0.29, 0.717) is 12.6 Å². The molecule has 1 aromatic carbocycles. The van der Waals surface area contributed by atoms with Gasteiger partial charge in [0.2, 0.25) is 0 Å². The molecule has 0 radical (unpaired) electrons. The smallest absolute Gasteiger partial charge is 0.148 e. The first-order valence-corrected chi connectivity index (χ1v) is 6.96. The van der Waals surface area contributed by atoms with E-state index in [9.17, 15) is 0 Å². The SMILES string of the molecule is CC(C)n1ccc(NCc2ccc(Br)cc2Cl)n1. The lowest BCUT2D eigenvalue weighted by atomic mass is 10.2. The number of halogens is 2. The second-order valence-electron chi connectivity index (χ2n) is 4.36. The van der Waals surface area contributed by atoms with Crippen LogP contribution < -0.4 is 5.32 Å². The first kappa shape index (κ1) is 13.4. The van der Waals surface area contributed by atoms with Crippen molar-refractivity contribution < 1.29 is 0 Å². The Kier molecular flexibility index (Phi) is 4.30. The third-order valence-corrected chi connectivity index (χ3v) is 3.46. The lowest BCUT2D eigenvalue weighted by molar-refractivity contribution is 0.534. The van der Waals surface area contributed by atoms with Crippen LogP contribution in [0.3, 0.4) is 0 Å². The number of benzene rings is 1. The highest BCUT2D eigenvalue weighted by Crippen LogP contribution is 2.22. The fraction of sp³-hybridized carbons (Fsp3) is 0.308. The van der Waals surface area contributed by atoms with Gasteiger partial charge >= 0.3 is 0 Å². The van der Waals surface area contributed by atoms with Crippen LogP contribution in [0.25, 0.3) is 0 Å². The summed E-state index contributed by atoms with van der Waals surface area (Å²) in [6.45, 7) is 4.87. The molecule has 0 bridgehead atoms. The average molecular weight is 329 g/mol. The first-order valence-electron chi connectivity index (χ1n) is 5.79. The Bertz CT molecular complexity index is 537. The molecule has 0 saturated carbocycles. The van der Waals surface area contributed by atoms with Gasteiger partial charge in [-0.3, -0.25) is 4.68 Å². The zero-order chi connectivity index (χ0) is 13.1. The average Bonchev–Trinajstić information content (AvgIpc) is 2.76. The Morgan fingerprint density at radius 1 is 1.39 bits per heavy atom. The van der Waals surface area contributed by atoms with Gasteiger partial charge < -0.3 is 5.32 Å². The summed E-state index contributed by atoms with van der Waals surface area (Å²) in [6.07, 6.45) is 1.97. The van der Waals surface area contributed by atoms with E-state index in [2.05, 4.69) is 40.2 Å². The standard InChI is InChI=1S/C13H15BrClN3/c1-9(2)18-6-5-13(17-18)16-8-10-3-4-11(14)7-12(10)15/h3-7,9H,8H2,1-2H3,(H,16,17). The van der Waals surface area contributed by atoms with E-state index < -0.39 is 0 Å². The highest BCUT2D eigenvalue weighted by molar-refractivity contribution is 9.10. The predicted molar refractivity (Wildman–Crippen MR) is 79.1 cm³/mol. The van der Waals surface area contributed by atoms with Gasteiger partial charge in [-0.05, 0) is 31.5 Å². The molecule has 18 heavy (non-hydrogen) atoms. The van der Waals surface area contributed by atoms with Crippen LogP contribution in [0.2, 0.25) is 5.02 Å². The minimum absolute atomic E-state index is 0.372. The molecule has 0 aliphatic heterocycles. The van der Waals surface area contributed by atoms with Gasteiger partial charge in [-0.1, -0.05) is 33.6 Å². The highest BCUT2D eigenvalue weighted by Gasteiger charge is 2.04. The number of hydrogen-bond donors (Lipinski definition) is 1. The van der Waals surface area contributed by atoms with Crippen molar-refractivity contribution in [3.8, 4) is 0 Å². The van der Waals surface area contributed by atoms with Crippen molar-refractivity contribution in [2.45, 2.75) is 26.4 Å². The molecule has 0 spiro atoms. The molecule has 96 valence electrons. The van der Waals surface area contributed by atoms with Crippen molar-refractivity contribution in [1.29, 1.82) is 0 Å². The van der Waals surface area contributed by atoms with Gasteiger partial charge in [0.25, 0.3) is 0 Å². The summed E-state index contributed by atoms with van der Waals surface area (Å²) in [5, 5.41) is 8.44. The van der Waals surface area contributed by atoms with E-state index in [4.69, 9.17) is 11.6 Å². The molecule has 0 amide bonds. The Morgan fingerprint density at radius 3 is 2.78 bits per heavy atom. The molecule has 0 atom stereocenters. The van der Waals surface area contributed by atoms with Gasteiger partial charge in [0.1, 0.15) is 5.82 Å². The zero-order valence-corrected chi connectivity index (χ0v) is 12.7. The maximum Gasteiger partial charge on any atom is 0.148 e. The van der Waals surface area contributed by atoms with E-state index in [1.54, 1.807) is 0 Å². The van der Waals surface area contributed by atoms with Crippen LogP contribution >= 0.6 is 27.5 Å². The Hall–Kier alpha value is -1.00. The van der Waals surface area contributed by atoms with Crippen LogP contribution in [0.1, 0.15) is 25.5 Å². The van der Waals surface area contributed by atoms with E-state index in [1.807, 2.05) is 35.1 Å². The summed E-state index contributed by atoms with van der Waals surface area (Å²) in [7, 11) is 0. The molecule has 0 fully saturated rings. The molecular weight excluding hydrogens is 314 g/mol. The Balaban J connectivity index is 2.02. The third kappa shape index (κ3) is 3.27. The van der Waals surface area contributed by atoms with Crippen molar-refractivity contribution in [3.63, 3.8) is 0 Å². The summed E-state index contributed by atoms with van der Waals surface area (Å²) in [4.78, 5) is 0. The second-order valence-corrected chi connectivity index (χ2v) is 5.69. The highest BCUT2D eigenvalue weighted by atomic mass is 79.9. The van der Waals surface area contributed by atoms with E-state index in [-0.39, 0.29) is 0 Å². The van der Waals surface area contributed by atoms with Crippen LogP contribution in [0, 0.1) is 0 Å². The van der Waals surface area contributed by atoms with Crippen molar-refractivity contribution >= 4 is 33.3 Å². The Morgan fingerprint density at radius 2 is 2.17 bits per heavy atom.